The Bertz CT molecular complexity index is 417. The molecule has 0 N–H and O–H groups in total. The fraction of sp³-hybridized carbons (Fsp3) is 0.944. The maximum absolute atomic E-state index is 9.56. The third kappa shape index (κ3) is 4.82. The van der Waals surface area contributed by atoms with E-state index in [1.165, 1.54) is 13.0 Å². The SMILES string of the molecule is C[C@@H]1[C@H](N2CCOCC2)CCN1CCCC1(C#N)CCOCC1.I. The lowest BCUT2D eigenvalue weighted by atomic mass is 9.78. The second-order valence-electron chi connectivity index (χ2n) is 7.39. The number of morpholine rings is 1. The summed E-state index contributed by atoms with van der Waals surface area (Å²) in [5.74, 6) is 0. The molecule has 6 heteroatoms. The van der Waals surface area contributed by atoms with Gasteiger partial charge in [-0.3, -0.25) is 9.80 Å². The topological polar surface area (TPSA) is 48.7 Å². The maximum atomic E-state index is 9.56. The van der Waals surface area contributed by atoms with Gasteiger partial charge in [-0.25, -0.2) is 0 Å². The summed E-state index contributed by atoms with van der Waals surface area (Å²) in [6, 6.07) is 3.91. The number of hydrogen-bond acceptors (Lipinski definition) is 5. The first kappa shape index (κ1) is 20.4. The first-order valence-electron chi connectivity index (χ1n) is 9.29. The molecule has 0 amide bonds. The smallest absolute Gasteiger partial charge is 0.0691 e. The summed E-state index contributed by atoms with van der Waals surface area (Å²) in [5, 5.41) is 9.56. The third-order valence-electron chi connectivity index (χ3n) is 6.15. The highest BCUT2D eigenvalue weighted by atomic mass is 127. The van der Waals surface area contributed by atoms with Crippen molar-refractivity contribution in [2.45, 2.75) is 51.1 Å². The Morgan fingerprint density at radius 2 is 1.75 bits per heavy atom. The van der Waals surface area contributed by atoms with Gasteiger partial charge in [0.1, 0.15) is 0 Å². The fourth-order valence-electron chi connectivity index (χ4n) is 4.50. The van der Waals surface area contributed by atoms with Crippen LogP contribution in [0.4, 0.5) is 0 Å². The molecule has 0 radical (unpaired) electrons. The molecule has 0 spiro atoms. The molecule has 3 heterocycles. The van der Waals surface area contributed by atoms with E-state index in [0.717, 1.165) is 71.7 Å². The van der Waals surface area contributed by atoms with Crippen molar-refractivity contribution in [2.24, 2.45) is 5.41 Å². The molecule has 0 aromatic heterocycles. The molecule has 5 nitrogen and oxygen atoms in total. The normalized spacial score (nSPS) is 31.3. The Labute approximate surface area is 163 Å². The number of likely N-dealkylation sites (tertiary alicyclic amines) is 1. The highest BCUT2D eigenvalue weighted by molar-refractivity contribution is 14.0. The summed E-state index contributed by atoms with van der Waals surface area (Å²) in [7, 11) is 0. The summed E-state index contributed by atoms with van der Waals surface area (Å²) >= 11 is 0. The molecule has 138 valence electrons. The minimum Gasteiger partial charge on any atom is -0.381 e. The Kier molecular flexibility index (Phi) is 8.21. The zero-order chi connectivity index (χ0) is 16.1. The van der Waals surface area contributed by atoms with Crippen molar-refractivity contribution in [3.05, 3.63) is 0 Å². The van der Waals surface area contributed by atoms with E-state index in [1.54, 1.807) is 0 Å². The van der Waals surface area contributed by atoms with Gasteiger partial charge in [0.05, 0.1) is 24.7 Å². The van der Waals surface area contributed by atoms with E-state index in [2.05, 4.69) is 22.8 Å². The van der Waals surface area contributed by atoms with E-state index in [1.807, 2.05) is 0 Å². The van der Waals surface area contributed by atoms with Crippen LogP contribution < -0.4 is 0 Å². The summed E-state index contributed by atoms with van der Waals surface area (Å²) < 4.78 is 10.9. The van der Waals surface area contributed by atoms with E-state index in [9.17, 15) is 5.26 Å². The standard InChI is InChI=1S/C18H31N3O2.HI/c1-16-17(21-9-13-23-14-10-21)3-8-20(16)7-2-4-18(15-19)5-11-22-12-6-18;/h16-17H,2-14H2,1H3;1H/t16-,17-;/m1./s1. The van der Waals surface area contributed by atoms with Gasteiger partial charge in [-0.15, -0.1) is 24.0 Å². The van der Waals surface area contributed by atoms with Crippen LogP contribution in [0.15, 0.2) is 0 Å². The van der Waals surface area contributed by atoms with Gasteiger partial charge < -0.3 is 9.47 Å². The van der Waals surface area contributed by atoms with Gasteiger partial charge >= 0.3 is 0 Å². The van der Waals surface area contributed by atoms with Crippen molar-refractivity contribution in [3.8, 4) is 6.07 Å². The molecule has 0 bridgehead atoms. The number of rotatable bonds is 5. The van der Waals surface area contributed by atoms with Gasteiger partial charge in [-0.05, 0) is 45.6 Å². The number of hydrogen-bond donors (Lipinski definition) is 0. The minimum absolute atomic E-state index is 0. The van der Waals surface area contributed by atoms with Gasteiger partial charge in [0.15, 0.2) is 0 Å². The number of nitrogens with zero attached hydrogens (tertiary/aromatic N) is 3. The molecule has 0 aromatic carbocycles. The van der Waals surface area contributed by atoms with Crippen LogP contribution in [-0.2, 0) is 9.47 Å². The number of nitriles is 1. The minimum atomic E-state index is -0.120. The van der Waals surface area contributed by atoms with Crippen molar-refractivity contribution >= 4 is 24.0 Å². The summed E-state index contributed by atoms with van der Waals surface area (Å²) in [6.45, 7) is 10.2. The van der Waals surface area contributed by atoms with Gasteiger partial charge in [0.2, 0.25) is 0 Å². The zero-order valence-electron chi connectivity index (χ0n) is 14.9. The maximum Gasteiger partial charge on any atom is 0.0691 e. The van der Waals surface area contributed by atoms with Crippen molar-refractivity contribution in [3.63, 3.8) is 0 Å². The van der Waals surface area contributed by atoms with E-state index < -0.39 is 0 Å². The molecule has 0 saturated carbocycles. The van der Waals surface area contributed by atoms with Crippen LogP contribution in [0.25, 0.3) is 0 Å². The van der Waals surface area contributed by atoms with Crippen LogP contribution in [0.5, 0.6) is 0 Å². The predicted octanol–water partition coefficient (Wildman–Crippen LogP) is 2.50. The molecule has 2 atom stereocenters. The van der Waals surface area contributed by atoms with Gasteiger partial charge in [-0.1, -0.05) is 0 Å². The summed E-state index contributed by atoms with van der Waals surface area (Å²) in [4.78, 5) is 5.24. The molecule has 0 unspecified atom stereocenters. The van der Waals surface area contributed by atoms with Crippen molar-refractivity contribution < 1.29 is 9.47 Å². The fourth-order valence-corrected chi connectivity index (χ4v) is 4.50. The molecule has 3 fully saturated rings. The van der Waals surface area contributed by atoms with E-state index in [-0.39, 0.29) is 29.4 Å². The van der Waals surface area contributed by atoms with E-state index in [4.69, 9.17) is 9.47 Å². The highest BCUT2D eigenvalue weighted by Gasteiger charge is 2.36. The molecule has 3 rings (SSSR count). The lowest BCUT2D eigenvalue weighted by molar-refractivity contribution is 0.00958. The molecule has 24 heavy (non-hydrogen) atoms. The van der Waals surface area contributed by atoms with Crippen LogP contribution in [-0.4, -0.2) is 74.5 Å². The highest BCUT2D eigenvalue weighted by Crippen LogP contribution is 2.35. The molecular weight excluding hydrogens is 417 g/mol. The Balaban J connectivity index is 0.00000208. The first-order valence-corrected chi connectivity index (χ1v) is 9.29. The first-order chi connectivity index (χ1) is 11.2. The third-order valence-corrected chi connectivity index (χ3v) is 6.15. The van der Waals surface area contributed by atoms with Gasteiger partial charge in [-0.2, -0.15) is 5.26 Å². The quantitative estimate of drug-likeness (QED) is 0.604. The van der Waals surface area contributed by atoms with Crippen molar-refractivity contribution in [1.82, 2.24) is 9.80 Å². The Morgan fingerprint density at radius 3 is 2.42 bits per heavy atom. The van der Waals surface area contributed by atoms with Crippen LogP contribution in [0.2, 0.25) is 0 Å². The average molecular weight is 449 g/mol. The molecular formula is C18H32IN3O2. The molecule has 0 aromatic rings. The van der Waals surface area contributed by atoms with E-state index in [0.29, 0.717) is 12.1 Å². The summed E-state index contributed by atoms with van der Waals surface area (Å²) in [5.41, 5.74) is -0.120. The van der Waals surface area contributed by atoms with Gasteiger partial charge in [0.25, 0.3) is 0 Å². The average Bonchev–Trinajstić information content (AvgIpc) is 2.97. The molecule has 3 aliphatic heterocycles. The van der Waals surface area contributed by atoms with Crippen LogP contribution in [0.3, 0.4) is 0 Å². The monoisotopic (exact) mass is 449 g/mol. The Morgan fingerprint density at radius 1 is 1.08 bits per heavy atom. The lowest BCUT2D eigenvalue weighted by Gasteiger charge is -2.36. The van der Waals surface area contributed by atoms with Crippen LogP contribution in [0, 0.1) is 16.7 Å². The Hall–Kier alpha value is 0.0600. The molecule has 3 aliphatic rings. The zero-order valence-corrected chi connectivity index (χ0v) is 17.2. The second-order valence-corrected chi connectivity index (χ2v) is 7.39. The largest absolute Gasteiger partial charge is 0.381 e. The number of halogens is 1. The molecule has 3 saturated heterocycles. The predicted molar refractivity (Wildman–Crippen MR) is 105 cm³/mol. The second kappa shape index (κ2) is 9.67. The van der Waals surface area contributed by atoms with E-state index >= 15 is 0 Å². The van der Waals surface area contributed by atoms with Gasteiger partial charge in [0, 0.05) is 44.9 Å². The summed E-state index contributed by atoms with van der Waals surface area (Å²) in [6.07, 6.45) is 5.26. The van der Waals surface area contributed by atoms with Crippen LogP contribution in [0.1, 0.15) is 39.0 Å². The molecule has 0 aliphatic carbocycles. The number of ether oxygens (including phenoxy) is 2. The van der Waals surface area contributed by atoms with Crippen molar-refractivity contribution in [2.75, 3.05) is 52.6 Å². The lowest BCUT2D eigenvalue weighted by Crippen LogP contribution is -2.48. The van der Waals surface area contributed by atoms with Crippen LogP contribution >= 0.6 is 24.0 Å². The van der Waals surface area contributed by atoms with Crippen molar-refractivity contribution in [1.29, 1.82) is 5.26 Å².